The summed E-state index contributed by atoms with van der Waals surface area (Å²) in [6.07, 6.45) is 0. The van der Waals surface area contributed by atoms with Crippen LogP contribution in [0.25, 0.3) is 130 Å². The average Bonchev–Trinajstić information content (AvgIpc) is 3.73. The molecule has 346 valence electrons. The fraction of sp³-hybridized carbons (Fsp3) is 0. The van der Waals surface area contributed by atoms with Gasteiger partial charge in [0.1, 0.15) is 0 Å². The smallest absolute Gasteiger partial charge is 0.418 e. The van der Waals surface area contributed by atoms with Crippen molar-refractivity contribution in [3.63, 3.8) is 0 Å². The van der Waals surface area contributed by atoms with Gasteiger partial charge in [-0.15, -0.1) is 12.1 Å². The minimum Gasteiger partial charge on any atom is -0.418 e. The molecule has 0 aliphatic carbocycles. The Bertz CT molecular complexity index is 4250. The SMILES string of the molecule is [Pd+][I].[c-]1c(Op2oc3c4ccccc4c4ccccc4c3c3c4ccccc4c4ccccc4c3o2)cccc1Op1oc2c3ccccc3c3ccccc3c2c2c3ccccc3c3ccccc3c2o1. The number of hydrogen-bond acceptors (Lipinski definition) is 6. The fourth-order valence-electron chi connectivity index (χ4n) is 10.9. The van der Waals surface area contributed by atoms with Crippen LogP contribution in [0.2, 0.25) is 0 Å². The van der Waals surface area contributed by atoms with Gasteiger partial charge >= 0.3 is 51.6 Å². The Morgan fingerprint density at radius 1 is 0.264 bits per heavy atom. The molecule has 0 atom stereocenters. The standard InChI is InChI=1S/C62H35O6P2.HI.Pd/c1-9-28-47-39(20-1)43-24-5-13-32-51(43)59-55(47)56-48-29-10-2-21-40(48)44-25-6-14-33-52(44)60(56)66-69(65-59)63-37-18-17-19-38(36-37)64-70-67-61-53-34-15-7-26-45(53)41-22-3-11-30-49(41)57(61)58-50-31-12-4-23-42(50)46-27-8-16-35-54(46)62(58)68-70;;/h1-35H;1H;/q-1;;+2/p-1. The van der Waals surface area contributed by atoms with Crippen LogP contribution in [-0.2, 0) is 15.6 Å². The monoisotopic (exact) mass is 1170 g/mol. The zero-order valence-electron chi connectivity index (χ0n) is 37.7. The largest absolute Gasteiger partial charge is 0.451 e. The fourth-order valence-corrected chi connectivity index (χ4v) is 13.0. The average molecular weight is 1170 g/mol. The second-order valence-corrected chi connectivity index (χ2v) is 19.5. The summed E-state index contributed by atoms with van der Waals surface area (Å²) in [5, 5.41) is 20.8. The number of hydrogen-bond donors (Lipinski definition) is 0. The molecular formula is C62H35IO6P2Pd. The van der Waals surface area contributed by atoms with Gasteiger partial charge in [-0.1, -0.05) is 200 Å². The Kier molecular flexibility index (Phi) is 10.8. The molecule has 6 nitrogen and oxygen atoms in total. The summed E-state index contributed by atoms with van der Waals surface area (Å²) in [4.78, 5) is 0. The van der Waals surface area contributed by atoms with Gasteiger partial charge in [0.05, 0.1) is 0 Å². The van der Waals surface area contributed by atoms with E-state index >= 15 is 0 Å². The first-order valence-corrected chi connectivity index (χ1v) is 30.1. The van der Waals surface area contributed by atoms with Crippen molar-refractivity contribution in [2.75, 3.05) is 0 Å². The number of halogens is 1. The van der Waals surface area contributed by atoms with Crippen LogP contribution in [0.4, 0.5) is 0 Å². The van der Waals surface area contributed by atoms with E-state index in [9.17, 15) is 0 Å². The Morgan fingerprint density at radius 2 is 0.458 bits per heavy atom. The molecule has 0 fully saturated rings. The molecule has 15 aromatic rings. The third kappa shape index (κ3) is 6.86. The first-order chi connectivity index (χ1) is 35.7. The molecule has 0 N–H and O–H groups in total. The molecule has 0 unspecified atom stereocenters. The molecule has 0 spiro atoms. The van der Waals surface area contributed by atoms with E-state index in [4.69, 9.17) is 25.8 Å². The summed E-state index contributed by atoms with van der Waals surface area (Å²) < 4.78 is 42.2. The Hall–Kier alpha value is -7.27. The molecule has 0 aliphatic rings. The van der Waals surface area contributed by atoms with E-state index in [1.165, 1.54) is 0 Å². The maximum Gasteiger partial charge on any atom is 0.451 e. The minimum atomic E-state index is -2.13. The number of benzene rings is 13. The van der Waals surface area contributed by atoms with Crippen LogP contribution in [0.15, 0.2) is 229 Å². The van der Waals surface area contributed by atoms with Gasteiger partial charge in [-0.2, -0.15) is 6.07 Å². The van der Waals surface area contributed by atoms with E-state index in [-0.39, 0.29) is 0 Å². The van der Waals surface area contributed by atoms with Crippen molar-refractivity contribution in [3.8, 4) is 11.5 Å². The van der Waals surface area contributed by atoms with Gasteiger partial charge in [-0.25, -0.2) is 0 Å². The van der Waals surface area contributed by atoms with Crippen molar-refractivity contribution in [1.29, 1.82) is 0 Å². The van der Waals surface area contributed by atoms with E-state index in [1.807, 2.05) is 37.7 Å². The van der Waals surface area contributed by atoms with Crippen molar-refractivity contribution in [2.45, 2.75) is 0 Å². The summed E-state index contributed by atoms with van der Waals surface area (Å²) in [5.74, 6) is 0.754. The number of rotatable bonds is 4. The normalized spacial score (nSPS) is 11.8. The van der Waals surface area contributed by atoms with E-state index in [0.717, 1.165) is 108 Å². The molecule has 2 aromatic heterocycles. The zero-order chi connectivity index (χ0) is 47.9. The second-order valence-electron chi connectivity index (χ2n) is 17.6. The molecule has 10 heteroatoms. The van der Waals surface area contributed by atoms with Crippen LogP contribution in [0, 0.1) is 6.07 Å². The predicted molar refractivity (Wildman–Crippen MR) is 304 cm³/mol. The quantitative estimate of drug-likeness (QED) is 0.0757. The third-order valence-corrected chi connectivity index (χ3v) is 15.8. The van der Waals surface area contributed by atoms with Crippen LogP contribution in [0.3, 0.4) is 0 Å². The Labute approximate surface area is 434 Å². The summed E-state index contributed by atoms with van der Waals surface area (Å²) in [6.45, 7) is 0. The van der Waals surface area contributed by atoms with E-state index < -0.39 is 16.5 Å². The molecule has 13 aromatic carbocycles. The second kappa shape index (κ2) is 17.8. The van der Waals surface area contributed by atoms with Gasteiger partial charge in [0, 0.05) is 54.6 Å². The Morgan fingerprint density at radius 3 is 0.694 bits per heavy atom. The molecular weight excluding hydrogens is 1140 g/mol. The molecule has 2 heterocycles. The van der Waals surface area contributed by atoms with E-state index in [1.54, 1.807) is 0 Å². The first-order valence-electron chi connectivity index (χ1n) is 23.3. The van der Waals surface area contributed by atoms with Crippen molar-refractivity contribution in [1.82, 2.24) is 0 Å². The third-order valence-electron chi connectivity index (χ3n) is 13.8. The molecule has 0 amide bonds. The summed E-state index contributed by atoms with van der Waals surface area (Å²) in [7, 11) is -4.26. The summed E-state index contributed by atoms with van der Waals surface area (Å²) in [6, 6.07) is 76.7. The molecule has 0 saturated heterocycles. The maximum atomic E-state index is 7.11. The van der Waals surface area contributed by atoms with Gasteiger partial charge in [0.15, 0.2) is 22.3 Å². The topological polar surface area (TPSA) is 71.0 Å². The molecule has 0 radical (unpaired) electrons. The minimum absolute atomic E-state index is 0.377. The maximum absolute atomic E-state index is 7.11. The van der Waals surface area contributed by atoms with Gasteiger partial charge in [0.2, 0.25) is 0 Å². The van der Waals surface area contributed by atoms with Crippen molar-refractivity contribution >= 4 is 166 Å². The van der Waals surface area contributed by atoms with Crippen LogP contribution >= 0.6 is 36.0 Å². The van der Waals surface area contributed by atoms with Gasteiger partial charge < -0.3 is 25.8 Å². The first kappa shape index (κ1) is 43.5. The van der Waals surface area contributed by atoms with Crippen LogP contribution in [0.1, 0.15) is 0 Å². The summed E-state index contributed by atoms with van der Waals surface area (Å²) in [5.41, 5.74) is 2.81. The van der Waals surface area contributed by atoms with Crippen LogP contribution < -0.4 is 9.05 Å². The van der Waals surface area contributed by atoms with Crippen LogP contribution in [-0.4, -0.2) is 0 Å². The predicted octanol–water partition coefficient (Wildman–Crippen LogP) is 20.5. The molecule has 72 heavy (non-hydrogen) atoms. The van der Waals surface area contributed by atoms with E-state index in [0.29, 0.717) is 33.8 Å². The van der Waals surface area contributed by atoms with Crippen LogP contribution in [0.5, 0.6) is 11.5 Å². The van der Waals surface area contributed by atoms with Gasteiger partial charge in [-0.05, 0) is 64.6 Å². The van der Waals surface area contributed by atoms with Crippen molar-refractivity contribution in [3.05, 3.63) is 218 Å². The van der Waals surface area contributed by atoms with E-state index in [2.05, 4.69) is 216 Å². The van der Waals surface area contributed by atoms with Gasteiger partial charge in [0.25, 0.3) is 0 Å². The zero-order valence-corrected chi connectivity index (χ0v) is 43.2. The molecule has 0 bridgehead atoms. The van der Waals surface area contributed by atoms with Gasteiger partial charge in [-0.3, -0.25) is 0 Å². The Balaban J connectivity index is 0.00000238. The molecule has 0 saturated carbocycles. The molecule has 15 rings (SSSR count). The van der Waals surface area contributed by atoms with Crippen molar-refractivity contribution in [2.24, 2.45) is 0 Å². The number of fused-ring (bicyclic) bond motifs is 26. The molecule has 0 aliphatic heterocycles. The summed E-state index contributed by atoms with van der Waals surface area (Å²) >= 11 is 4.72. The van der Waals surface area contributed by atoms with Crippen molar-refractivity contribution < 1.29 is 41.4 Å².